The molecule has 0 saturated heterocycles. The Morgan fingerprint density at radius 3 is 2.67 bits per heavy atom. The van der Waals surface area contributed by atoms with Crippen LogP contribution in [-0.4, -0.2) is 9.55 Å². The maximum Gasteiger partial charge on any atom is 0.259 e. The van der Waals surface area contributed by atoms with Crippen molar-refractivity contribution in [3.8, 4) is 5.82 Å². The Labute approximate surface area is 88.0 Å². The zero-order chi connectivity index (χ0) is 10.8. The first-order valence-corrected chi connectivity index (χ1v) is 4.80. The van der Waals surface area contributed by atoms with Crippen molar-refractivity contribution < 1.29 is 0 Å². The molecule has 0 spiro atoms. The number of pyridine rings is 2. The molecule has 0 unspecified atom stereocenters. The van der Waals surface area contributed by atoms with Crippen LogP contribution in [0, 0.1) is 13.8 Å². The predicted molar refractivity (Wildman–Crippen MR) is 59.3 cm³/mol. The molecule has 2 heterocycles. The number of rotatable bonds is 1. The highest BCUT2D eigenvalue weighted by molar-refractivity contribution is 5.26. The van der Waals surface area contributed by atoms with Gasteiger partial charge in [0.1, 0.15) is 5.82 Å². The topological polar surface area (TPSA) is 34.9 Å². The summed E-state index contributed by atoms with van der Waals surface area (Å²) in [6, 6.07) is 7.43. The van der Waals surface area contributed by atoms with Crippen molar-refractivity contribution >= 4 is 0 Å². The average molecular weight is 200 g/mol. The van der Waals surface area contributed by atoms with Crippen LogP contribution in [0.15, 0.2) is 41.5 Å². The van der Waals surface area contributed by atoms with E-state index < -0.39 is 0 Å². The van der Waals surface area contributed by atoms with Crippen LogP contribution < -0.4 is 5.56 Å². The van der Waals surface area contributed by atoms with Gasteiger partial charge in [0.15, 0.2) is 0 Å². The molecular weight excluding hydrogens is 188 g/mol. The smallest absolute Gasteiger partial charge is 0.259 e. The molecular formula is C12H12N2O. The molecule has 0 aliphatic rings. The maximum atomic E-state index is 11.8. The third-order valence-corrected chi connectivity index (χ3v) is 2.28. The van der Waals surface area contributed by atoms with Crippen LogP contribution in [0.5, 0.6) is 0 Å². The number of aryl methyl sites for hydroxylation is 2. The Kier molecular flexibility index (Phi) is 2.37. The van der Waals surface area contributed by atoms with E-state index in [9.17, 15) is 4.79 Å². The first kappa shape index (κ1) is 9.65. The van der Waals surface area contributed by atoms with Gasteiger partial charge in [0, 0.05) is 18.0 Å². The predicted octanol–water partition coefficient (Wildman–Crippen LogP) is 1.85. The Bertz CT molecular complexity index is 526. The van der Waals surface area contributed by atoms with E-state index in [0.717, 1.165) is 11.1 Å². The minimum Gasteiger partial charge on any atom is -0.269 e. The monoisotopic (exact) mass is 200 g/mol. The van der Waals surface area contributed by atoms with Crippen molar-refractivity contribution in [2.24, 2.45) is 0 Å². The van der Waals surface area contributed by atoms with Gasteiger partial charge in [0.2, 0.25) is 0 Å². The normalized spacial score (nSPS) is 10.3. The van der Waals surface area contributed by atoms with E-state index in [2.05, 4.69) is 4.98 Å². The van der Waals surface area contributed by atoms with E-state index in [4.69, 9.17) is 0 Å². The van der Waals surface area contributed by atoms with Gasteiger partial charge in [0.05, 0.1) is 0 Å². The third-order valence-electron chi connectivity index (χ3n) is 2.28. The number of nitrogens with zero attached hydrogens (tertiary/aromatic N) is 2. The standard InChI is InChI=1S/C12H12N2O/c1-9-5-6-11(13-8-9)14-7-3-4-10(2)12(14)15/h3-8H,1-2H3. The lowest BCUT2D eigenvalue weighted by atomic mass is 10.3. The third kappa shape index (κ3) is 1.81. The average Bonchev–Trinajstić information content (AvgIpc) is 2.24. The molecule has 3 nitrogen and oxygen atoms in total. The largest absolute Gasteiger partial charge is 0.269 e. The summed E-state index contributed by atoms with van der Waals surface area (Å²) < 4.78 is 1.55. The SMILES string of the molecule is Cc1ccc(-n2cccc(C)c2=O)nc1. The van der Waals surface area contributed by atoms with Crippen LogP contribution in [0.25, 0.3) is 5.82 Å². The highest BCUT2D eigenvalue weighted by Gasteiger charge is 2.01. The highest BCUT2D eigenvalue weighted by Crippen LogP contribution is 2.02. The van der Waals surface area contributed by atoms with E-state index in [1.807, 2.05) is 25.1 Å². The second kappa shape index (κ2) is 3.69. The van der Waals surface area contributed by atoms with Crippen molar-refractivity contribution in [1.29, 1.82) is 0 Å². The fraction of sp³-hybridized carbons (Fsp3) is 0.167. The fourth-order valence-electron chi connectivity index (χ4n) is 1.39. The molecule has 0 amide bonds. The summed E-state index contributed by atoms with van der Waals surface area (Å²) in [7, 11) is 0. The minimum absolute atomic E-state index is 0.0196. The van der Waals surface area contributed by atoms with Gasteiger partial charge in [0.25, 0.3) is 5.56 Å². The van der Waals surface area contributed by atoms with Gasteiger partial charge in [-0.15, -0.1) is 0 Å². The molecule has 0 aliphatic carbocycles. The minimum atomic E-state index is -0.0196. The molecule has 3 heteroatoms. The summed E-state index contributed by atoms with van der Waals surface area (Å²) in [5, 5.41) is 0. The molecule has 0 atom stereocenters. The zero-order valence-corrected chi connectivity index (χ0v) is 8.77. The molecule has 0 aliphatic heterocycles. The molecule has 0 bridgehead atoms. The van der Waals surface area contributed by atoms with Crippen LogP contribution in [-0.2, 0) is 0 Å². The Morgan fingerprint density at radius 1 is 1.20 bits per heavy atom. The quantitative estimate of drug-likeness (QED) is 0.704. The number of aromatic nitrogens is 2. The van der Waals surface area contributed by atoms with Crippen molar-refractivity contribution in [3.63, 3.8) is 0 Å². The lowest BCUT2D eigenvalue weighted by Gasteiger charge is -2.05. The van der Waals surface area contributed by atoms with Gasteiger partial charge in [-0.2, -0.15) is 0 Å². The van der Waals surface area contributed by atoms with E-state index in [1.54, 1.807) is 30.0 Å². The molecule has 0 fully saturated rings. The summed E-state index contributed by atoms with van der Waals surface area (Å²) in [4.78, 5) is 16.0. The van der Waals surface area contributed by atoms with E-state index >= 15 is 0 Å². The summed E-state index contributed by atoms with van der Waals surface area (Å²) in [6.45, 7) is 3.77. The molecule has 0 saturated carbocycles. The molecule has 2 rings (SSSR count). The molecule has 0 radical (unpaired) electrons. The van der Waals surface area contributed by atoms with Crippen molar-refractivity contribution in [1.82, 2.24) is 9.55 Å². The van der Waals surface area contributed by atoms with E-state index in [1.165, 1.54) is 0 Å². The Morgan fingerprint density at radius 2 is 2.00 bits per heavy atom. The van der Waals surface area contributed by atoms with Gasteiger partial charge in [-0.1, -0.05) is 12.1 Å². The molecule has 15 heavy (non-hydrogen) atoms. The van der Waals surface area contributed by atoms with Gasteiger partial charge in [-0.25, -0.2) is 4.98 Å². The van der Waals surface area contributed by atoms with Crippen LogP contribution >= 0.6 is 0 Å². The first-order chi connectivity index (χ1) is 7.18. The van der Waals surface area contributed by atoms with Gasteiger partial charge in [-0.05, 0) is 31.5 Å². The van der Waals surface area contributed by atoms with Crippen molar-refractivity contribution in [2.75, 3.05) is 0 Å². The lowest BCUT2D eigenvalue weighted by molar-refractivity contribution is 0.924. The molecule has 0 aromatic carbocycles. The second-order valence-electron chi connectivity index (χ2n) is 3.56. The summed E-state index contributed by atoms with van der Waals surface area (Å²) >= 11 is 0. The zero-order valence-electron chi connectivity index (χ0n) is 8.77. The summed E-state index contributed by atoms with van der Waals surface area (Å²) in [5.41, 5.74) is 1.79. The van der Waals surface area contributed by atoms with E-state index in [0.29, 0.717) is 5.82 Å². The lowest BCUT2D eigenvalue weighted by Crippen LogP contribution is -2.20. The summed E-state index contributed by atoms with van der Waals surface area (Å²) in [5.74, 6) is 0.661. The fourth-order valence-corrected chi connectivity index (χ4v) is 1.39. The van der Waals surface area contributed by atoms with Crippen LogP contribution in [0.3, 0.4) is 0 Å². The molecule has 76 valence electrons. The number of hydrogen-bond acceptors (Lipinski definition) is 2. The van der Waals surface area contributed by atoms with E-state index in [-0.39, 0.29) is 5.56 Å². The van der Waals surface area contributed by atoms with Gasteiger partial charge < -0.3 is 0 Å². The maximum absolute atomic E-state index is 11.8. The number of hydrogen-bond donors (Lipinski definition) is 0. The summed E-state index contributed by atoms with van der Waals surface area (Å²) in [6.07, 6.45) is 3.48. The molecule has 2 aromatic rings. The highest BCUT2D eigenvalue weighted by atomic mass is 16.1. The van der Waals surface area contributed by atoms with Gasteiger partial charge >= 0.3 is 0 Å². The van der Waals surface area contributed by atoms with Crippen LogP contribution in [0.2, 0.25) is 0 Å². The second-order valence-corrected chi connectivity index (χ2v) is 3.56. The Balaban J connectivity index is 2.59. The van der Waals surface area contributed by atoms with Crippen molar-refractivity contribution in [2.45, 2.75) is 13.8 Å². The van der Waals surface area contributed by atoms with Crippen molar-refractivity contribution in [3.05, 3.63) is 58.1 Å². The van der Waals surface area contributed by atoms with Gasteiger partial charge in [-0.3, -0.25) is 9.36 Å². The molecule has 0 N–H and O–H groups in total. The Hall–Kier alpha value is -1.90. The van der Waals surface area contributed by atoms with Crippen LogP contribution in [0.4, 0.5) is 0 Å². The molecule has 2 aromatic heterocycles. The first-order valence-electron chi connectivity index (χ1n) is 4.80. The van der Waals surface area contributed by atoms with Crippen LogP contribution in [0.1, 0.15) is 11.1 Å².